The molecule has 3 aromatic rings. The molecule has 0 saturated heterocycles. The van der Waals surface area contributed by atoms with Crippen LogP contribution in [0.5, 0.6) is 0 Å². The lowest BCUT2D eigenvalue weighted by atomic mass is 9.30. The number of hydrogen-bond donors (Lipinski definition) is 2. The van der Waals surface area contributed by atoms with Crippen molar-refractivity contribution in [3.05, 3.63) is 77.1 Å². The van der Waals surface area contributed by atoms with Crippen LogP contribution in [0.2, 0.25) is 0 Å². The number of hydrogen-bond acceptors (Lipinski definition) is 5. The van der Waals surface area contributed by atoms with E-state index in [1.165, 1.54) is 0 Å². The maximum Gasteiger partial charge on any atom is 0.401 e. The highest BCUT2D eigenvalue weighted by Gasteiger charge is 2.82. The van der Waals surface area contributed by atoms with Crippen LogP contribution in [0, 0.1) is 17.0 Å². The van der Waals surface area contributed by atoms with Crippen molar-refractivity contribution in [1.82, 2.24) is 25.5 Å². The molecule has 6 rings (SSSR count). The fraction of sp³-hybridized carbons (Fsp3) is 0.458. The summed E-state index contributed by atoms with van der Waals surface area (Å²) in [6.07, 6.45) is -3.27. The van der Waals surface area contributed by atoms with Crippen LogP contribution in [0.15, 0.2) is 48.8 Å². The normalized spacial score (nSPS) is 24.8. The van der Waals surface area contributed by atoms with Crippen LogP contribution < -0.4 is 5.32 Å². The minimum Gasteiger partial charge on any atom is -0.377 e. The Morgan fingerprint density at radius 3 is 2.22 bits per heavy atom. The molecule has 0 aliphatic heterocycles. The summed E-state index contributed by atoms with van der Waals surface area (Å²) in [5.74, 6) is -6.13. The number of halogens is 7. The minimum absolute atomic E-state index is 0.00219. The summed E-state index contributed by atoms with van der Waals surface area (Å²) in [6, 6.07) is 8.74. The first-order valence-corrected chi connectivity index (χ1v) is 11.4. The predicted molar refractivity (Wildman–Crippen MR) is 115 cm³/mol. The van der Waals surface area contributed by atoms with Gasteiger partial charge in [0.2, 0.25) is 0 Å². The van der Waals surface area contributed by atoms with Gasteiger partial charge in [-0.1, -0.05) is 24.3 Å². The molecule has 0 unspecified atom stereocenters. The van der Waals surface area contributed by atoms with E-state index in [0.717, 1.165) is 28.7 Å². The molecular weight excluding hydrogens is 507 g/mol. The van der Waals surface area contributed by atoms with Crippen molar-refractivity contribution in [2.24, 2.45) is 5.41 Å². The Hall–Kier alpha value is -3.06. The van der Waals surface area contributed by atoms with Gasteiger partial charge in [0, 0.05) is 23.6 Å². The van der Waals surface area contributed by atoms with Crippen LogP contribution in [0.4, 0.5) is 30.7 Å². The Morgan fingerprint density at radius 2 is 1.65 bits per heavy atom. The highest BCUT2D eigenvalue weighted by atomic mass is 19.4. The summed E-state index contributed by atoms with van der Waals surface area (Å²) in [5, 5.41) is 24.0. The molecule has 198 valence electrons. The number of aliphatic hydroxyl groups is 1. The van der Waals surface area contributed by atoms with E-state index in [2.05, 4.69) is 20.8 Å². The monoisotopic (exact) mass is 529 g/mol. The van der Waals surface area contributed by atoms with Gasteiger partial charge < -0.3 is 10.4 Å². The van der Waals surface area contributed by atoms with Gasteiger partial charge in [-0.05, 0) is 58.4 Å². The third kappa shape index (κ3) is 4.17. The fourth-order valence-corrected chi connectivity index (χ4v) is 5.86. The van der Waals surface area contributed by atoms with E-state index in [4.69, 9.17) is 0 Å². The van der Waals surface area contributed by atoms with Crippen LogP contribution in [0.25, 0.3) is 0 Å². The van der Waals surface area contributed by atoms with Crippen LogP contribution >= 0.6 is 0 Å². The van der Waals surface area contributed by atoms with Gasteiger partial charge >= 0.3 is 6.18 Å². The molecule has 1 heterocycles. The second-order valence-corrected chi connectivity index (χ2v) is 10.1. The molecule has 2 N–H and O–H groups in total. The van der Waals surface area contributed by atoms with E-state index in [1.807, 2.05) is 0 Å². The van der Waals surface area contributed by atoms with Gasteiger partial charge in [-0.15, -0.1) is 5.10 Å². The van der Waals surface area contributed by atoms with Gasteiger partial charge in [-0.3, -0.25) is 0 Å². The molecule has 2 aromatic carbocycles. The van der Waals surface area contributed by atoms with Crippen LogP contribution in [0.3, 0.4) is 0 Å². The van der Waals surface area contributed by atoms with E-state index in [0.29, 0.717) is 11.6 Å². The lowest BCUT2D eigenvalue weighted by Gasteiger charge is -2.74. The Balaban J connectivity index is 1.36. The van der Waals surface area contributed by atoms with Crippen LogP contribution in [-0.4, -0.2) is 44.0 Å². The highest BCUT2D eigenvalue weighted by molar-refractivity contribution is 5.43. The molecule has 0 amide bonds. The number of nitrogens with zero attached hydrogens (tertiary/aromatic N) is 4. The van der Waals surface area contributed by atoms with Gasteiger partial charge in [-0.2, -0.15) is 13.2 Å². The summed E-state index contributed by atoms with van der Waals surface area (Å²) in [4.78, 5) is 0. The highest BCUT2D eigenvalue weighted by Crippen LogP contribution is 2.80. The van der Waals surface area contributed by atoms with Crippen molar-refractivity contribution in [3.8, 4) is 0 Å². The van der Waals surface area contributed by atoms with E-state index < -0.39 is 58.8 Å². The molecule has 13 heteroatoms. The molecular formula is C24H22F7N5O. The smallest absolute Gasteiger partial charge is 0.377 e. The van der Waals surface area contributed by atoms with Gasteiger partial charge in [0.15, 0.2) is 5.60 Å². The summed E-state index contributed by atoms with van der Waals surface area (Å²) in [7, 11) is 0. The number of aromatic nitrogens is 4. The topological polar surface area (TPSA) is 75.9 Å². The molecule has 3 fully saturated rings. The molecule has 2 bridgehead atoms. The molecule has 3 aliphatic carbocycles. The van der Waals surface area contributed by atoms with E-state index in [-0.39, 0.29) is 25.8 Å². The lowest BCUT2D eigenvalue weighted by molar-refractivity contribution is -0.347. The number of alkyl halides is 5. The molecule has 3 saturated carbocycles. The standard InChI is InChI=1S/C24H22F7N5O/c25-17-5-6-18(19(26)7-17)22(37,13-36-14-33-34-35-36)24(30,31)21-9-20(10-21,11-21)16-3-1-15(2-4-16)8-32-12-23(27,28)29/h1-7,14,32,37H,8-13H2/t20?,21?,22-/m1/s1. The zero-order valence-corrected chi connectivity index (χ0v) is 19.2. The molecule has 1 atom stereocenters. The Labute approximate surface area is 206 Å². The van der Waals surface area contributed by atoms with Crippen molar-refractivity contribution in [2.75, 3.05) is 6.54 Å². The first-order chi connectivity index (χ1) is 17.3. The Kier molecular flexibility index (Phi) is 5.87. The lowest BCUT2D eigenvalue weighted by Crippen LogP contribution is -2.76. The summed E-state index contributed by atoms with van der Waals surface area (Å²) < 4.78 is 98.4. The van der Waals surface area contributed by atoms with Gasteiger partial charge in [-0.25, -0.2) is 22.2 Å². The number of tetrazole rings is 1. The van der Waals surface area contributed by atoms with Crippen molar-refractivity contribution >= 4 is 0 Å². The molecule has 0 spiro atoms. The average Bonchev–Trinajstić information content (AvgIpc) is 3.24. The van der Waals surface area contributed by atoms with Gasteiger partial charge in [0.05, 0.1) is 13.1 Å². The molecule has 6 nitrogen and oxygen atoms in total. The third-order valence-electron chi connectivity index (χ3n) is 7.60. The first kappa shape index (κ1) is 25.6. The largest absolute Gasteiger partial charge is 0.401 e. The van der Waals surface area contributed by atoms with E-state index in [1.54, 1.807) is 24.3 Å². The van der Waals surface area contributed by atoms with Gasteiger partial charge in [0.1, 0.15) is 18.0 Å². The van der Waals surface area contributed by atoms with Crippen LogP contribution in [-0.2, 0) is 24.1 Å². The maximum atomic E-state index is 16.2. The predicted octanol–water partition coefficient (Wildman–Crippen LogP) is 4.25. The molecule has 37 heavy (non-hydrogen) atoms. The molecule has 0 radical (unpaired) electrons. The van der Waals surface area contributed by atoms with E-state index in [9.17, 15) is 27.1 Å². The Morgan fingerprint density at radius 1 is 0.973 bits per heavy atom. The average molecular weight is 529 g/mol. The van der Waals surface area contributed by atoms with Crippen molar-refractivity contribution in [1.29, 1.82) is 0 Å². The second kappa shape index (κ2) is 8.48. The number of rotatable bonds is 9. The summed E-state index contributed by atoms with van der Waals surface area (Å²) in [5.41, 5.74) is -4.66. The quantitative estimate of drug-likeness (QED) is 0.406. The zero-order valence-electron chi connectivity index (χ0n) is 19.2. The number of nitrogens with one attached hydrogen (secondary N) is 1. The van der Waals surface area contributed by atoms with Crippen molar-refractivity contribution in [3.63, 3.8) is 0 Å². The molecule has 1 aromatic heterocycles. The van der Waals surface area contributed by atoms with E-state index >= 15 is 8.78 Å². The van der Waals surface area contributed by atoms with Crippen molar-refractivity contribution in [2.45, 2.75) is 55.5 Å². The van der Waals surface area contributed by atoms with Crippen LogP contribution in [0.1, 0.15) is 36.0 Å². The van der Waals surface area contributed by atoms with Gasteiger partial charge in [0.25, 0.3) is 5.92 Å². The summed E-state index contributed by atoms with van der Waals surface area (Å²) >= 11 is 0. The Bertz CT molecular complexity index is 1260. The molecule has 3 aliphatic rings. The SMILES string of the molecule is O[C@](Cn1cnnn1)(c1ccc(F)cc1F)C(F)(F)C12CC(c3ccc(CNCC(F)(F)F)cc3)(C1)C2. The second-order valence-electron chi connectivity index (χ2n) is 10.1. The zero-order chi connectivity index (χ0) is 26.7. The fourth-order valence-electron chi connectivity index (χ4n) is 5.86. The number of benzene rings is 2. The first-order valence-electron chi connectivity index (χ1n) is 11.4. The van der Waals surface area contributed by atoms with Crippen molar-refractivity contribution < 1.29 is 35.8 Å². The summed E-state index contributed by atoms with van der Waals surface area (Å²) in [6.45, 7) is -1.98. The third-order valence-corrected chi connectivity index (χ3v) is 7.60. The maximum absolute atomic E-state index is 16.2. The minimum atomic E-state index is -4.32.